The lowest BCUT2D eigenvalue weighted by Crippen LogP contribution is -2.00. The first-order valence-corrected chi connectivity index (χ1v) is 4.38. The van der Waals surface area contributed by atoms with E-state index in [2.05, 4.69) is 39.3 Å². The van der Waals surface area contributed by atoms with Crippen molar-refractivity contribution in [2.75, 3.05) is 0 Å². The molecule has 0 spiro atoms. The smallest absolute Gasteiger partial charge is 0.0259 e. The largest absolute Gasteiger partial charge is 0.266 e. The van der Waals surface area contributed by atoms with E-state index in [4.69, 9.17) is 0 Å². The molecule has 0 aliphatic rings. The molecule has 0 N–H and O–H groups in total. The van der Waals surface area contributed by atoms with Crippen LogP contribution in [0.1, 0.15) is 34.1 Å². The summed E-state index contributed by atoms with van der Waals surface area (Å²) in [4.78, 5) is 4.35. The van der Waals surface area contributed by atoms with Gasteiger partial charge in [0, 0.05) is 11.9 Å². The van der Waals surface area contributed by atoms with E-state index in [-0.39, 0.29) is 0 Å². The second-order valence-corrected chi connectivity index (χ2v) is 3.39. The minimum absolute atomic E-state index is 0.540. The fraction of sp³-hybridized carbons (Fsp3) is 0.545. The molecule has 0 aromatic heterocycles. The van der Waals surface area contributed by atoms with Crippen LogP contribution in [0.2, 0.25) is 0 Å². The molecule has 1 heteroatoms. The molecule has 0 saturated heterocycles. The van der Waals surface area contributed by atoms with Gasteiger partial charge in [-0.2, -0.15) is 0 Å². The van der Waals surface area contributed by atoms with Gasteiger partial charge in [0.05, 0.1) is 0 Å². The quantitative estimate of drug-likeness (QED) is 0.446. The van der Waals surface area contributed by atoms with Crippen LogP contribution in [0.15, 0.2) is 29.4 Å². The molecule has 0 radical (unpaired) electrons. The van der Waals surface area contributed by atoms with E-state index in [1.165, 1.54) is 11.3 Å². The monoisotopic (exact) mass is 165 g/mol. The van der Waals surface area contributed by atoms with Crippen molar-refractivity contribution >= 4 is 5.71 Å². The zero-order valence-corrected chi connectivity index (χ0v) is 8.59. The van der Waals surface area contributed by atoms with Crippen molar-refractivity contribution in [3.63, 3.8) is 0 Å². The highest BCUT2D eigenvalue weighted by Crippen LogP contribution is 2.02. The van der Waals surface area contributed by atoms with Crippen LogP contribution in [0, 0.1) is 5.92 Å². The Bertz CT molecular complexity index is 197. The molecule has 0 atom stereocenters. The molecule has 0 aliphatic carbocycles. The van der Waals surface area contributed by atoms with Gasteiger partial charge in [-0.25, -0.2) is 0 Å². The maximum absolute atomic E-state index is 4.35. The van der Waals surface area contributed by atoms with Crippen molar-refractivity contribution in [2.24, 2.45) is 10.9 Å². The SMILES string of the molecule is C=CC/C(C)=C/N=C(/C)C(C)C. The minimum atomic E-state index is 0.540. The van der Waals surface area contributed by atoms with Gasteiger partial charge in [-0.15, -0.1) is 6.58 Å². The van der Waals surface area contributed by atoms with Crippen LogP contribution < -0.4 is 0 Å². The molecule has 0 aromatic carbocycles. The number of hydrogen-bond acceptors (Lipinski definition) is 1. The summed E-state index contributed by atoms with van der Waals surface area (Å²) in [5, 5.41) is 0. The van der Waals surface area contributed by atoms with Crippen LogP contribution in [-0.2, 0) is 0 Å². The molecule has 0 bridgehead atoms. The number of hydrogen-bond donors (Lipinski definition) is 0. The second kappa shape index (κ2) is 5.76. The Kier molecular flexibility index (Phi) is 5.35. The third-order valence-electron chi connectivity index (χ3n) is 1.79. The number of allylic oxidation sites excluding steroid dienone is 2. The summed E-state index contributed by atoms with van der Waals surface area (Å²) in [6.45, 7) is 12.1. The van der Waals surface area contributed by atoms with Crippen LogP contribution in [0.4, 0.5) is 0 Å². The predicted octanol–water partition coefficient (Wildman–Crippen LogP) is 3.58. The first-order chi connectivity index (χ1) is 5.57. The van der Waals surface area contributed by atoms with Gasteiger partial charge in [0.1, 0.15) is 0 Å². The number of nitrogens with zero attached hydrogens (tertiary/aromatic N) is 1. The second-order valence-electron chi connectivity index (χ2n) is 3.39. The Morgan fingerprint density at radius 3 is 2.42 bits per heavy atom. The highest BCUT2D eigenvalue weighted by atomic mass is 14.7. The zero-order valence-electron chi connectivity index (χ0n) is 8.59. The van der Waals surface area contributed by atoms with E-state index >= 15 is 0 Å². The first kappa shape index (κ1) is 11.2. The summed E-state index contributed by atoms with van der Waals surface area (Å²) in [5.74, 6) is 0.540. The van der Waals surface area contributed by atoms with Gasteiger partial charge >= 0.3 is 0 Å². The van der Waals surface area contributed by atoms with Crippen LogP contribution in [-0.4, -0.2) is 5.71 Å². The van der Waals surface area contributed by atoms with Crippen LogP contribution in [0.5, 0.6) is 0 Å². The van der Waals surface area contributed by atoms with Gasteiger partial charge in [0.25, 0.3) is 0 Å². The van der Waals surface area contributed by atoms with Gasteiger partial charge in [0.15, 0.2) is 0 Å². The molecule has 0 amide bonds. The fourth-order valence-corrected chi connectivity index (χ4v) is 0.641. The molecule has 0 aliphatic heterocycles. The van der Waals surface area contributed by atoms with Crippen LogP contribution in [0.25, 0.3) is 0 Å². The summed E-state index contributed by atoms with van der Waals surface area (Å²) in [6, 6.07) is 0. The Labute approximate surface area is 75.9 Å². The summed E-state index contributed by atoms with van der Waals surface area (Å²) >= 11 is 0. The average molecular weight is 165 g/mol. The van der Waals surface area contributed by atoms with Crippen molar-refractivity contribution in [2.45, 2.75) is 34.1 Å². The molecule has 0 unspecified atom stereocenters. The normalized spacial score (nSPS) is 13.8. The van der Waals surface area contributed by atoms with Gasteiger partial charge in [-0.1, -0.05) is 25.5 Å². The minimum Gasteiger partial charge on any atom is -0.266 e. The highest BCUT2D eigenvalue weighted by molar-refractivity contribution is 5.84. The maximum atomic E-state index is 4.35. The Morgan fingerprint density at radius 2 is 2.00 bits per heavy atom. The van der Waals surface area contributed by atoms with E-state index < -0.39 is 0 Å². The molecular formula is C11H19N. The van der Waals surface area contributed by atoms with Crippen molar-refractivity contribution in [1.29, 1.82) is 0 Å². The molecule has 0 aromatic rings. The van der Waals surface area contributed by atoms with E-state index in [9.17, 15) is 0 Å². The third-order valence-corrected chi connectivity index (χ3v) is 1.79. The highest BCUT2D eigenvalue weighted by Gasteiger charge is 1.94. The third kappa shape index (κ3) is 4.89. The Balaban J connectivity index is 4.16. The summed E-state index contributed by atoms with van der Waals surface area (Å²) in [7, 11) is 0. The molecule has 0 heterocycles. The van der Waals surface area contributed by atoms with Gasteiger partial charge in [-0.05, 0) is 26.2 Å². The van der Waals surface area contributed by atoms with Crippen molar-refractivity contribution in [1.82, 2.24) is 0 Å². The lowest BCUT2D eigenvalue weighted by molar-refractivity contribution is 0.877. The van der Waals surface area contributed by atoms with Crippen LogP contribution in [0.3, 0.4) is 0 Å². The number of rotatable bonds is 4. The lowest BCUT2D eigenvalue weighted by atomic mass is 10.1. The van der Waals surface area contributed by atoms with E-state index in [0.29, 0.717) is 5.92 Å². The van der Waals surface area contributed by atoms with E-state index in [1.54, 1.807) is 0 Å². The molecule has 12 heavy (non-hydrogen) atoms. The average Bonchev–Trinajstić information content (AvgIpc) is 2.00. The zero-order chi connectivity index (χ0) is 9.56. The molecule has 68 valence electrons. The van der Waals surface area contributed by atoms with E-state index in [1.807, 2.05) is 12.3 Å². The lowest BCUT2D eigenvalue weighted by Gasteiger charge is -2.01. The number of aliphatic imine (C=N–C) groups is 1. The first-order valence-electron chi connectivity index (χ1n) is 4.38. The molecule has 0 rings (SSSR count). The topological polar surface area (TPSA) is 12.4 Å². The van der Waals surface area contributed by atoms with Crippen LogP contribution >= 0.6 is 0 Å². The van der Waals surface area contributed by atoms with Gasteiger partial charge < -0.3 is 0 Å². The molecule has 0 saturated carbocycles. The van der Waals surface area contributed by atoms with Crippen molar-refractivity contribution in [3.05, 3.63) is 24.4 Å². The standard InChI is InChI=1S/C11H19N/c1-6-7-10(4)8-12-11(5)9(2)3/h6,8-9H,1,7H2,2-5H3/b10-8+,12-11-. The molecule has 0 fully saturated rings. The van der Waals surface area contributed by atoms with Crippen molar-refractivity contribution in [3.8, 4) is 0 Å². The molecule has 1 nitrogen and oxygen atoms in total. The summed E-state index contributed by atoms with van der Waals surface area (Å²) in [5.41, 5.74) is 2.43. The Morgan fingerprint density at radius 1 is 1.42 bits per heavy atom. The van der Waals surface area contributed by atoms with Gasteiger partial charge in [0.2, 0.25) is 0 Å². The van der Waals surface area contributed by atoms with Gasteiger partial charge in [-0.3, -0.25) is 4.99 Å². The fourth-order valence-electron chi connectivity index (χ4n) is 0.641. The summed E-state index contributed by atoms with van der Waals surface area (Å²) in [6.07, 6.45) is 4.75. The maximum Gasteiger partial charge on any atom is 0.0259 e. The predicted molar refractivity (Wildman–Crippen MR) is 56.5 cm³/mol. The summed E-state index contributed by atoms with van der Waals surface area (Å²) < 4.78 is 0. The Hall–Kier alpha value is -0.850. The van der Waals surface area contributed by atoms with Crippen molar-refractivity contribution < 1.29 is 0 Å². The van der Waals surface area contributed by atoms with E-state index in [0.717, 1.165) is 6.42 Å². The molecular weight excluding hydrogens is 146 g/mol.